The van der Waals surface area contributed by atoms with Crippen LogP contribution in [0.1, 0.15) is 12.5 Å². The Morgan fingerprint density at radius 2 is 2.10 bits per heavy atom. The Morgan fingerprint density at radius 3 is 2.60 bits per heavy atom. The van der Waals surface area contributed by atoms with Gasteiger partial charge in [-0.1, -0.05) is 0 Å². The third-order valence-corrected chi connectivity index (χ3v) is 2.46. The standard InChI is InChI=1S/C12H12FNO6/c1-2-20-12(17)10(11(15)16)5-7-3-8(13)6-9(4-7)14(18)19/h3-4,6,10H,2,5H2,1H3,(H,15,16). The van der Waals surface area contributed by atoms with Crippen LogP contribution in [0.25, 0.3) is 0 Å². The molecule has 0 spiro atoms. The number of benzene rings is 1. The maximum atomic E-state index is 13.2. The minimum absolute atomic E-state index is 0.00586. The first-order chi connectivity index (χ1) is 9.35. The SMILES string of the molecule is CCOC(=O)C(Cc1cc(F)cc([N+](=O)[O-])c1)C(=O)O. The van der Waals surface area contributed by atoms with Crippen molar-refractivity contribution in [2.24, 2.45) is 5.92 Å². The average molecular weight is 285 g/mol. The van der Waals surface area contributed by atoms with Crippen LogP contribution < -0.4 is 0 Å². The first-order valence-electron chi connectivity index (χ1n) is 5.68. The molecule has 1 N–H and O–H groups in total. The van der Waals surface area contributed by atoms with Crippen LogP contribution in [0.4, 0.5) is 10.1 Å². The molecule has 0 bridgehead atoms. The highest BCUT2D eigenvalue weighted by Gasteiger charge is 2.28. The second-order valence-corrected chi connectivity index (χ2v) is 3.92. The zero-order valence-electron chi connectivity index (χ0n) is 10.5. The lowest BCUT2D eigenvalue weighted by molar-refractivity contribution is -0.385. The van der Waals surface area contributed by atoms with E-state index in [1.54, 1.807) is 0 Å². The zero-order valence-corrected chi connectivity index (χ0v) is 10.5. The van der Waals surface area contributed by atoms with Crippen LogP contribution in [0.15, 0.2) is 18.2 Å². The summed E-state index contributed by atoms with van der Waals surface area (Å²) in [6.07, 6.45) is -0.382. The van der Waals surface area contributed by atoms with Gasteiger partial charge in [0, 0.05) is 6.07 Å². The van der Waals surface area contributed by atoms with Gasteiger partial charge in [-0.05, 0) is 25.0 Å². The number of esters is 1. The lowest BCUT2D eigenvalue weighted by atomic mass is 9.99. The number of non-ortho nitro benzene ring substituents is 1. The number of nitro groups is 1. The number of carbonyl (C=O) groups excluding carboxylic acids is 1. The fourth-order valence-electron chi connectivity index (χ4n) is 1.61. The van der Waals surface area contributed by atoms with E-state index in [-0.39, 0.29) is 18.6 Å². The van der Waals surface area contributed by atoms with E-state index in [2.05, 4.69) is 4.74 Å². The van der Waals surface area contributed by atoms with Gasteiger partial charge >= 0.3 is 11.9 Å². The Bertz CT molecular complexity index is 545. The summed E-state index contributed by atoms with van der Waals surface area (Å²) in [5, 5.41) is 19.5. The molecule has 1 aromatic rings. The van der Waals surface area contributed by atoms with Gasteiger partial charge in [0.05, 0.1) is 17.6 Å². The molecule has 0 saturated carbocycles. The van der Waals surface area contributed by atoms with Gasteiger partial charge in [-0.25, -0.2) is 4.39 Å². The minimum atomic E-state index is -1.53. The Kier molecular flexibility index (Phi) is 5.13. The fraction of sp³-hybridized carbons (Fsp3) is 0.333. The van der Waals surface area contributed by atoms with Crippen LogP contribution >= 0.6 is 0 Å². The van der Waals surface area contributed by atoms with Crippen LogP contribution in [0.2, 0.25) is 0 Å². The van der Waals surface area contributed by atoms with Crippen molar-refractivity contribution < 1.29 is 28.7 Å². The molecule has 0 aromatic heterocycles. The van der Waals surface area contributed by atoms with Crippen molar-refractivity contribution in [2.45, 2.75) is 13.3 Å². The number of aliphatic carboxylic acids is 1. The second kappa shape index (κ2) is 6.60. The Hall–Kier alpha value is -2.51. The zero-order chi connectivity index (χ0) is 15.3. The van der Waals surface area contributed by atoms with Gasteiger partial charge in [-0.2, -0.15) is 0 Å². The molecule has 7 nitrogen and oxygen atoms in total. The van der Waals surface area contributed by atoms with Crippen molar-refractivity contribution in [3.05, 3.63) is 39.7 Å². The van der Waals surface area contributed by atoms with Gasteiger partial charge in [0.15, 0.2) is 5.92 Å². The number of carboxylic acids is 1. The van der Waals surface area contributed by atoms with E-state index in [0.717, 1.165) is 12.1 Å². The average Bonchev–Trinajstić information content (AvgIpc) is 2.35. The Morgan fingerprint density at radius 1 is 1.45 bits per heavy atom. The van der Waals surface area contributed by atoms with Crippen LogP contribution in [0.3, 0.4) is 0 Å². The number of carboxylic acid groups (broad SMARTS) is 1. The third-order valence-electron chi connectivity index (χ3n) is 2.46. The molecule has 0 fully saturated rings. The van der Waals surface area contributed by atoms with Crippen LogP contribution in [0, 0.1) is 21.8 Å². The number of hydrogen-bond donors (Lipinski definition) is 1. The monoisotopic (exact) mass is 285 g/mol. The maximum absolute atomic E-state index is 13.2. The van der Waals surface area contributed by atoms with Crippen molar-refractivity contribution >= 4 is 17.6 Å². The summed E-state index contributed by atoms with van der Waals surface area (Å²) in [6.45, 7) is 1.52. The summed E-state index contributed by atoms with van der Waals surface area (Å²) in [7, 11) is 0. The summed E-state index contributed by atoms with van der Waals surface area (Å²) in [5.41, 5.74) is -0.467. The van der Waals surface area contributed by atoms with Crippen molar-refractivity contribution in [2.75, 3.05) is 6.61 Å². The topological polar surface area (TPSA) is 107 Å². The smallest absolute Gasteiger partial charge is 0.320 e. The summed E-state index contributed by atoms with van der Waals surface area (Å²) in [6, 6.07) is 2.68. The molecule has 0 radical (unpaired) electrons. The first-order valence-corrected chi connectivity index (χ1v) is 5.68. The maximum Gasteiger partial charge on any atom is 0.320 e. The van der Waals surface area contributed by atoms with E-state index in [0.29, 0.717) is 6.07 Å². The summed E-state index contributed by atoms with van der Waals surface area (Å²) < 4.78 is 17.8. The van der Waals surface area contributed by atoms with E-state index in [4.69, 9.17) is 5.11 Å². The molecular weight excluding hydrogens is 273 g/mol. The summed E-state index contributed by atoms with van der Waals surface area (Å²) in [5.74, 6) is -4.80. The number of ether oxygens (including phenoxy) is 1. The molecule has 1 atom stereocenters. The molecule has 1 aromatic carbocycles. The van der Waals surface area contributed by atoms with Crippen LogP contribution in [0.5, 0.6) is 0 Å². The molecule has 20 heavy (non-hydrogen) atoms. The van der Waals surface area contributed by atoms with Gasteiger partial charge < -0.3 is 9.84 Å². The molecule has 0 amide bonds. The van der Waals surface area contributed by atoms with Crippen molar-refractivity contribution in [3.8, 4) is 0 Å². The summed E-state index contributed by atoms with van der Waals surface area (Å²) in [4.78, 5) is 32.3. The third kappa shape index (κ3) is 4.01. The quantitative estimate of drug-likeness (QED) is 0.367. The van der Waals surface area contributed by atoms with Crippen molar-refractivity contribution in [1.82, 2.24) is 0 Å². The molecule has 0 saturated heterocycles. The Labute approximate surface area is 113 Å². The molecule has 0 aliphatic heterocycles. The highest BCUT2D eigenvalue weighted by Crippen LogP contribution is 2.19. The van der Waals surface area contributed by atoms with Crippen LogP contribution in [-0.4, -0.2) is 28.6 Å². The van der Waals surface area contributed by atoms with Gasteiger partial charge in [0.25, 0.3) is 5.69 Å². The number of nitro benzene ring substituents is 1. The molecule has 0 heterocycles. The van der Waals surface area contributed by atoms with Crippen LogP contribution in [-0.2, 0) is 20.7 Å². The molecule has 1 rings (SSSR count). The normalized spacial score (nSPS) is 11.7. The van der Waals surface area contributed by atoms with E-state index in [1.807, 2.05) is 0 Å². The lowest BCUT2D eigenvalue weighted by Gasteiger charge is -2.11. The molecule has 108 valence electrons. The largest absolute Gasteiger partial charge is 0.481 e. The van der Waals surface area contributed by atoms with Crippen molar-refractivity contribution in [3.63, 3.8) is 0 Å². The second-order valence-electron chi connectivity index (χ2n) is 3.92. The number of rotatable bonds is 6. The fourth-order valence-corrected chi connectivity index (χ4v) is 1.61. The van der Waals surface area contributed by atoms with Gasteiger partial charge in [0.2, 0.25) is 0 Å². The number of hydrogen-bond acceptors (Lipinski definition) is 5. The molecule has 0 aliphatic rings. The van der Waals surface area contributed by atoms with Gasteiger partial charge in [0.1, 0.15) is 5.82 Å². The minimum Gasteiger partial charge on any atom is -0.481 e. The highest BCUT2D eigenvalue weighted by molar-refractivity contribution is 5.94. The van der Waals surface area contributed by atoms with Gasteiger partial charge in [-0.3, -0.25) is 19.7 Å². The predicted octanol–water partition coefficient (Wildman–Crippen LogP) is 1.54. The molecule has 1 unspecified atom stereocenters. The summed E-state index contributed by atoms with van der Waals surface area (Å²) >= 11 is 0. The Balaban J connectivity index is 3.02. The van der Waals surface area contributed by atoms with Crippen molar-refractivity contribution in [1.29, 1.82) is 0 Å². The first kappa shape index (κ1) is 15.5. The number of halogens is 1. The molecule has 0 aliphatic carbocycles. The lowest BCUT2D eigenvalue weighted by Crippen LogP contribution is -2.28. The van der Waals surface area contributed by atoms with E-state index in [1.165, 1.54) is 6.92 Å². The van der Waals surface area contributed by atoms with Gasteiger partial charge in [-0.15, -0.1) is 0 Å². The number of nitrogens with zero attached hydrogens (tertiary/aromatic N) is 1. The van der Waals surface area contributed by atoms with E-state index < -0.39 is 34.3 Å². The van der Waals surface area contributed by atoms with E-state index in [9.17, 15) is 24.1 Å². The predicted molar refractivity (Wildman–Crippen MR) is 64.5 cm³/mol. The van der Waals surface area contributed by atoms with E-state index >= 15 is 0 Å². The number of carbonyl (C=O) groups is 2. The molecular formula is C12H12FNO6. The molecule has 8 heteroatoms. The highest BCUT2D eigenvalue weighted by atomic mass is 19.1.